The number of likely N-dealkylation sites (tertiary alicyclic amines) is 1. The normalized spacial score (nSPS) is 15.0. The number of aryl methyl sites for hydroxylation is 1. The topological polar surface area (TPSA) is 49.4 Å². The largest absolute Gasteiger partial charge is 0.339 e. The number of carbonyl (C=O) groups is 2. The monoisotopic (exact) mass is 390 g/mol. The summed E-state index contributed by atoms with van der Waals surface area (Å²) < 4.78 is 0. The highest BCUT2D eigenvalue weighted by Crippen LogP contribution is 2.24. The second-order valence-electron chi connectivity index (χ2n) is 6.52. The van der Waals surface area contributed by atoms with Crippen LogP contribution >= 0.6 is 23.2 Å². The minimum Gasteiger partial charge on any atom is -0.339 e. The number of hydrogen-bond acceptors (Lipinski definition) is 2. The van der Waals surface area contributed by atoms with Gasteiger partial charge in [0.2, 0.25) is 5.91 Å². The molecule has 1 saturated heterocycles. The van der Waals surface area contributed by atoms with Gasteiger partial charge in [-0.15, -0.1) is 0 Å². The minimum absolute atomic E-state index is 0.00554. The van der Waals surface area contributed by atoms with Crippen molar-refractivity contribution in [1.82, 2.24) is 4.90 Å². The number of anilines is 1. The molecule has 136 valence electrons. The van der Waals surface area contributed by atoms with Crippen LogP contribution in [-0.4, -0.2) is 29.8 Å². The zero-order valence-electron chi connectivity index (χ0n) is 14.5. The number of benzene rings is 2. The van der Waals surface area contributed by atoms with Gasteiger partial charge in [-0.25, -0.2) is 0 Å². The molecular formula is C20H20Cl2N2O2. The van der Waals surface area contributed by atoms with Crippen LogP contribution in [0.5, 0.6) is 0 Å². The third kappa shape index (κ3) is 4.37. The lowest BCUT2D eigenvalue weighted by Crippen LogP contribution is -2.41. The number of amides is 2. The molecule has 26 heavy (non-hydrogen) atoms. The number of hydrogen-bond donors (Lipinski definition) is 1. The van der Waals surface area contributed by atoms with Crippen LogP contribution in [0.4, 0.5) is 5.69 Å². The zero-order chi connectivity index (χ0) is 18.7. The Morgan fingerprint density at radius 1 is 1.00 bits per heavy atom. The van der Waals surface area contributed by atoms with E-state index >= 15 is 0 Å². The van der Waals surface area contributed by atoms with Crippen LogP contribution in [0.15, 0.2) is 42.5 Å². The van der Waals surface area contributed by atoms with Crippen molar-refractivity contribution < 1.29 is 9.59 Å². The number of rotatable bonds is 3. The van der Waals surface area contributed by atoms with E-state index in [-0.39, 0.29) is 17.7 Å². The van der Waals surface area contributed by atoms with Gasteiger partial charge in [0, 0.05) is 40.3 Å². The molecule has 0 aliphatic carbocycles. The molecule has 1 aliphatic rings. The first-order valence-corrected chi connectivity index (χ1v) is 9.31. The zero-order valence-corrected chi connectivity index (χ0v) is 16.0. The smallest absolute Gasteiger partial charge is 0.253 e. The van der Waals surface area contributed by atoms with Crippen LogP contribution in [0.25, 0.3) is 0 Å². The van der Waals surface area contributed by atoms with E-state index in [0.717, 1.165) is 11.3 Å². The fraction of sp³-hybridized carbons (Fsp3) is 0.300. The van der Waals surface area contributed by atoms with Crippen molar-refractivity contribution in [2.24, 2.45) is 5.92 Å². The van der Waals surface area contributed by atoms with Crippen molar-refractivity contribution in [1.29, 1.82) is 0 Å². The number of nitrogens with zero attached hydrogens (tertiary/aromatic N) is 1. The summed E-state index contributed by atoms with van der Waals surface area (Å²) in [6, 6.07) is 12.3. The lowest BCUT2D eigenvalue weighted by atomic mass is 9.95. The van der Waals surface area contributed by atoms with Gasteiger partial charge in [0.25, 0.3) is 5.91 Å². The molecule has 4 nitrogen and oxygen atoms in total. The molecule has 6 heteroatoms. The molecule has 0 atom stereocenters. The Kier molecular flexibility index (Phi) is 5.84. The molecule has 1 heterocycles. The molecular weight excluding hydrogens is 371 g/mol. The van der Waals surface area contributed by atoms with Crippen LogP contribution in [0.2, 0.25) is 10.0 Å². The van der Waals surface area contributed by atoms with E-state index < -0.39 is 0 Å². The van der Waals surface area contributed by atoms with Crippen molar-refractivity contribution in [2.75, 3.05) is 18.4 Å². The van der Waals surface area contributed by atoms with E-state index in [1.165, 1.54) is 0 Å². The summed E-state index contributed by atoms with van der Waals surface area (Å²) >= 11 is 11.8. The first-order valence-electron chi connectivity index (χ1n) is 8.56. The van der Waals surface area contributed by atoms with Gasteiger partial charge >= 0.3 is 0 Å². The molecule has 3 rings (SSSR count). The van der Waals surface area contributed by atoms with Crippen molar-refractivity contribution in [3.05, 3.63) is 63.6 Å². The standard InChI is InChI=1S/C20H20Cl2N2O2/c1-13-12-17(22)6-7-18(13)23-19(25)14-8-10-24(11-9-14)20(26)15-2-4-16(21)5-3-15/h2-7,12,14H,8-11H2,1H3,(H,23,25). The van der Waals surface area contributed by atoms with Crippen LogP contribution in [-0.2, 0) is 4.79 Å². The Bertz CT molecular complexity index is 813. The van der Waals surface area contributed by atoms with Gasteiger partial charge in [0.15, 0.2) is 0 Å². The predicted molar refractivity (Wildman–Crippen MR) is 105 cm³/mol. The summed E-state index contributed by atoms with van der Waals surface area (Å²) in [5.41, 5.74) is 2.33. The van der Waals surface area contributed by atoms with Crippen molar-refractivity contribution in [3.63, 3.8) is 0 Å². The third-order valence-electron chi connectivity index (χ3n) is 4.69. The van der Waals surface area contributed by atoms with Gasteiger partial charge in [-0.2, -0.15) is 0 Å². The van der Waals surface area contributed by atoms with Crippen molar-refractivity contribution in [3.8, 4) is 0 Å². The van der Waals surface area contributed by atoms with Gasteiger partial charge in [-0.1, -0.05) is 23.2 Å². The van der Waals surface area contributed by atoms with E-state index in [9.17, 15) is 9.59 Å². The second kappa shape index (κ2) is 8.11. The van der Waals surface area contributed by atoms with Crippen LogP contribution in [0.3, 0.4) is 0 Å². The highest BCUT2D eigenvalue weighted by atomic mass is 35.5. The summed E-state index contributed by atoms with van der Waals surface area (Å²) in [6.07, 6.45) is 1.30. The molecule has 0 bridgehead atoms. The van der Waals surface area contributed by atoms with E-state index in [0.29, 0.717) is 41.5 Å². The van der Waals surface area contributed by atoms with Crippen LogP contribution in [0.1, 0.15) is 28.8 Å². The number of piperidine rings is 1. The fourth-order valence-corrected chi connectivity index (χ4v) is 3.47. The average Bonchev–Trinajstić information content (AvgIpc) is 2.64. The van der Waals surface area contributed by atoms with Gasteiger partial charge in [-0.3, -0.25) is 9.59 Å². The molecule has 1 fully saturated rings. The predicted octanol–water partition coefficient (Wildman–Crippen LogP) is 4.79. The fourth-order valence-electron chi connectivity index (χ4n) is 3.12. The Balaban J connectivity index is 1.56. The number of halogens is 2. The molecule has 1 N–H and O–H groups in total. The van der Waals surface area contributed by atoms with Gasteiger partial charge in [0.05, 0.1) is 0 Å². The second-order valence-corrected chi connectivity index (χ2v) is 7.39. The molecule has 2 aromatic carbocycles. The van der Waals surface area contributed by atoms with E-state index in [1.807, 2.05) is 19.1 Å². The molecule has 0 spiro atoms. The molecule has 0 aromatic heterocycles. The van der Waals surface area contributed by atoms with E-state index in [2.05, 4.69) is 5.32 Å². The summed E-state index contributed by atoms with van der Waals surface area (Å²) in [5, 5.41) is 4.23. The lowest BCUT2D eigenvalue weighted by molar-refractivity contribution is -0.121. The first kappa shape index (κ1) is 18.7. The maximum atomic E-state index is 12.5. The third-order valence-corrected chi connectivity index (χ3v) is 5.18. The van der Waals surface area contributed by atoms with Crippen LogP contribution in [0, 0.1) is 12.8 Å². The number of carbonyl (C=O) groups excluding carboxylic acids is 2. The van der Waals surface area contributed by atoms with Crippen LogP contribution < -0.4 is 5.32 Å². The Morgan fingerprint density at radius 3 is 2.23 bits per heavy atom. The van der Waals surface area contributed by atoms with Gasteiger partial charge in [0.1, 0.15) is 0 Å². The maximum absolute atomic E-state index is 12.5. The molecule has 1 aliphatic heterocycles. The van der Waals surface area contributed by atoms with E-state index in [4.69, 9.17) is 23.2 Å². The summed E-state index contributed by atoms with van der Waals surface area (Å²) in [4.78, 5) is 26.8. The van der Waals surface area contributed by atoms with Gasteiger partial charge < -0.3 is 10.2 Å². The molecule has 0 radical (unpaired) electrons. The minimum atomic E-state index is -0.0978. The SMILES string of the molecule is Cc1cc(Cl)ccc1NC(=O)C1CCN(C(=O)c2ccc(Cl)cc2)CC1. The average molecular weight is 391 g/mol. The first-order chi connectivity index (χ1) is 12.4. The summed E-state index contributed by atoms with van der Waals surface area (Å²) in [7, 11) is 0. The summed E-state index contributed by atoms with van der Waals surface area (Å²) in [6.45, 7) is 3.05. The van der Waals surface area contributed by atoms with E-state index in [1.54, 1.807) is 35.2 Å². The maximum Gasteiger partial charge on any atom is 0.253 e. The molecule has 2 aromatic rings. The highest BCUT2D eigenvalue weighted by Gasteiger charge is 2.28. The summed E-state index contributed by atoms with van der Waals surface area (Å²) in [5.74, 6) is -0.123. The van der Waals surface area contributed by atoms with Crippen molar-refractivity contribution >= 4 is 40.7 Å². The van der Waals surface area contributed by atoms with Crippen molar-refractivity contribution in [2.45, 2.75) is 19.8 Å². The number of nitrogens with one attached hydrogen (secondary N) is 1. The quantitative estimate of drug-likeness (QED) is 0.818. The Labute approximate surface area is 163 Å². The Hall–Kier alpha value is -2.04. The Morgan fingerprint density at radius 2 is 1.62 bits per heavy atom. The van der Waals surface area contributed by atoms with Gasteiger partial charge in [-0.05, 0) is 67.8 Å². The molecule has 2 amide bonds. The highest BCUT2D eigenvalue weighted by molar-refractivity contribution is 6.31. The lowest BCUT2D eigenvalue weighted by Gasteiger charge is -2.31. The molecule has 0 saturated carbocycles. The molecule has 0 unspecified atom stereocenters.